The Hall–Kier alpha value is -2.27. The summed E-state index contributed by atoms with van der Waals surface area (Å²) >= 11 is 5.96. The van der Waals surface area contributed by atoms with Crippen molar-refractivity contribution in [1.82, 2.24) is 5.32 Å². The molecular weight excluding hydrogens is 354 g/mol. The van der Waals surface area contributed by atoms with E-state index in [9.17, 15) is 9.59 Å². The standard InChI is InChI=1S/C20H24ClNO4/c21-16-8-4-7-15(14-16)6-2-1-3-10-19(23)22-13-5-9-17-11-12-18(26-17)20(24)25/h4,7-8,11-12,14H,1-3,5-6,9-10,13H2,(H,22,23)(H,24,25). The number of aromatic carboxylic acids is 1. The number of furan rings is 1. The Labute approximate surface area is 158 Å². The molecule has 0 unspecified atom stereocenters. The molecule has 0 atom stereocenters. The second-order valence-electron chi connectivity index (χ2n) is 6.22. The van der Waals surface area contributed by atoms with Crippen molar-refractivity contribution in [2.75, 3.05) is 6.54 Å². The SMILES string of the molecule is O=C(CCCCCc1cccc(Cl)c1)NCCCc1ccc(C(=O)O)o1. The Balaban J connectivity index is 1.50. The van der Waals surface area contributed by atoms with Crippen molar-refractivity contribution in [1.29, 1.82) is 0 Å². The maximum Gasteiger partial charge on any atom is 0.371 e. The maximum atomic E-state index is 11.8. The molecule has 0 aliphatic rings. The molecule has 0 radical (unpaired) electrons. The highest BCUT2D eigenvalue weighted by Gasteiger charge is 2.08. The molecule has 140 valence electrons. The normalized spacial score (nSPS) is 10.7. The number of aryl methyl sites for hydroxylation is 2. The largest absolute Gasteiger partial charge is 0.475 e. The zero-order chi connectivity index (χ0) is 18.8. The summed E-state index contributed by atoms with van der Waals surface area (Å²) < 4.78 is 5.17. The van der Waals surface area contributed by atoms with Crippen LogP contribution < -0.4 is 5.32 Å². The Morgan fingerprint density at radius 1 is 1.04 bits per heavy atom. The summed E-state index contributed by atoms with van der Waals surface area (Å²) in [5, 5.41) is 12.4. The summed E-state index contributed by atoms with van der Waals surface area (Å²) in [6, 6.07) is 11.0. The zero-order valence-electron chi connectivity index (χ0n) is 14.7. The number of nitrogens with one attached hydrogen (secondary N) is 1. The van der Waals surface area contributed by atoms with Gasteiger partial charge in [0.2, 0.25) is 11.7 Å². The lowest BCUT2D eigenvalue weighted by Crippen LogP contribution is -2.24. The molecule has 0 spiro atoms. The number of amides is 1. The number of carboxylic acid groups (broad SMARTS) is 1. The third kappa shape index (κ3) is 7.31. The lowest BCUT2D eigenvalue weighted by molar-refractivity contribution is -0.121. The van der Waals surface area contributed by atoms with Crippen molar-refractivity contribution >= 4 is 23.5 Å². The fraction of sp³-hybridized carbons (Fsp3) is 0.400. The minimum Gasteiger partial charge on any atom is -0.475 e. The first kappa shape index (κ1) is 20.0. The first-order valence-electron chi connectivity index (χ1n) is 8.88. The van der Waals surface area contributed by atoms with E-state index in [1.165, 1.54) is 11.6 Å². The molecule has 0 bridgehead atoms. The smallest absolute Gasteiger partial charge is 0.371 e. The quantitative estimate of drug-likeness (QED) is 0.566. The number of carbonyl (C=O) groups excluding carboxylic acids is 1. The second kappa shape index (κ2) is 10.7. The van der Waals surface area contributed by atoms with Crippen LogP contribution in [0.3, 0.4) is 0 Å². The molecule has 1 aromatic heterocycles. The molecule has 1 amide bonds. The minimum atomic E-state index is -1.07. The van der Waals surface area contributed by atoms with Crippen molar-refractivity contribution in [3.63, 3.8) is 0 Å². The van der Waals surface area contributed by atoms with E-state index in [1.807, 2.05) is 18.2 Å². The highest BCUT2D eigenvalue weighted by molar-refractivity contribution is 6.30. The summed E-state index contributed by atoms with van der Waals surface area (Å²) in [4.78, 5) is 22.5. The molecule has 6 heteroatoms. The van der Waals surface area contributed by atoms with Crippen LogP contribution in [-0.4, -0.2) is 23.5 Å². The van der Waals surface area contributed by atoms with E-state index in [0.717, 1.165) is 30.7 Å². The lowest BCUT2D eigenvalue weighted by atomic mass is 10.1. The second-order valence-corrected chi connectivity index (χ2v) is 6.65. The number of halogens is 1. The molecule has 0 aliphatic heterocycles. The molecule has 0 saturated heterocycles. The number of hydrogen-bond donors (Lipinski definition) is 2. The third-order valence-electron chi connectivity index (χ3n) is 4.05. The van der Waals surface area contributed by atoms with E-state index >= 15 is 0 Å². The van der Waals surface area contributed by atoms with Gasteiger partial charge in [-0.25, -0.2) is 4.79 Å². The first-order valence-corrected chi connectivity index (χ1v) is 9.25. The van der Waals surface area contributed by atoms with E-state index in [0.29, 0.717) is 31.6 Å². The van der Waals surface area contributed by atoms with Crippen molar-refractivity contribution in [3.8, 4) is 0 Å². The summed E-state index contributed by atoms with van der Waals surface area (Å²) in [6.45, 7) is 0.560. The summed E-state index contributed by atoms with van der Waals surface area (Å²) in [5.41, 5.74) is 1.23. The molecule has 0 aliphatic carbocycles. The average molecular weight is 378 g/mol. The van der Waals surface area contributed by atoms with Crippen LogP contribution in [0.15, 0.2) is 40.8 Å². The summed E-state index contributed by atoms with van der Waals surface area (Å²) in [5.74, 6) is -0.446. The van der Waals surface area contributed by atoms with Gasteiger partial charge in [-0.05, 0) is 55.5 Å². The van der Waals surface area contributed by atoms with Crippen LogP contribution in [0, 0.1) is 0 Å². The molecular formula is C20H24ClNO4. The van der Waals surface area contributed by atoms with E-state index < -0.39 is 5.97 Å². The van der Waals surface area contributed by atoms with Crippen molar-refractivity contribution < 1.29 is 19.1 Å². The molecule has 0 fully saturated rings. The van der Waals surface area contributed by atoms with Gasteiger partial charge in [0.1, 0.15) is 5.76 Å². The Morgan fingerprint density at radius 2 is 1.88 bits per heavy atom. The van der Waals surface area contributed by atoms with Gasteiger partial charge < -0.3 is 14.8 Å². The molecule has 26 heavy (non-hydrogen) atoms. The van der Waals surface area contributed by atoms with Gasteiger partial charge in [0.15, 0.2) is 0 Å². The van der Waals surface area contributed by atoms with Crippen LogP contribution in [-0.2, 0) is 17.6 Å². The predicted octanol–water partition coefficient (Wildman–Crippen LogP) is 4.48. The topological polar surface area (TPSA) is 79.5 Å². The molecule has 2 N–H and O–H groups in total. The van der Waals surface area contributed by atoms with Gasteiger partial charge in [0.25, 0.3) is 0 Å². The van der Waals surface area contributed by atoms with Crippen molar-refractivity contribution in [3.05, 3.63) is 58.5 Å². The van der Waals surface area contributed by atoms with E-state index in [-0.39, 0.29) is 11.7 Å². The molecule has 5 nitrogen and oxygen atoms in total. The van der Waals surface area contributed by atoms with Crippen LogP contribution in [0.5, 0.6) is 0 Å². The summed E-state index contributed by atoms with van der Waals surface area (Å²) in [7, 11) is 0. The Kier molecular flexibility index (Phi) is 8.22. The average Bonchev–Trinajstić information content (AvgIpc) is 3.08. The number of benzene rings is 1. The van der Waals surface area contributed by atoms with Gasteiger partial charge in [-0.3, -0.25) is 4.79 Å². The number of carbonyl (C=O) groups is 2. The summed E-state index contributed by atoms with van der Waals surface area (Å²) in [6.07, 6.45) is 5.73. The van der Waals surface area contributed by atoms with Gasteiger partial charge in [-0.2, -0.15) is 0 Å². The highest BCUT2D eigenvalue weighted by Crippen LogP contribution is 2.14. The van der Waals surface area contributed by atoms with Crippen LogP contribution in [0.1, 0.15) is 54.0 Å². The lowest BCUT2D eigenvalue weighted by Gasteiger charge is -2.05. The fourth-order valence-corrected chi connectivity index (χ4v) is 2.90. The first-order chi connectivity index (χ1) is 12.5. The molecule has 0 saturated carbocycles. The molecule has 1 heterocycles. The van der Waals surface area contributed by atoms with E-state index in [2.05, 4.69) is 11.4 Å². The minimum absolute atomic E-state index is 0.0539. The molecule has 2 rings (SSSR count). The van der Waals surface area contributed by atoms with Crippen molar-refractivity contribution in [2.45, 2.75) is 44.9 Å². The Bertz CT molecular complexity index is 726. The van der Waals surface area contributed by atoms with Gasteiger partial charge in [0, 0.05) is 24.4 Å². The zero-order valence-corrected chi connectivity index (χ0v) is 15.4. The number of carboxylic acids is 1. The van der Waals surface area contributed by atoms with Crippen LogP contribution >= 0.6 is 11.6 Å². The van der Waals surface area contributed by atoms with E-state index in [4.69, 9.17) is 21.1 Å². The van der Waals surface area contributed by atoms with Gasteiger partial charge in [-0.15, -0.1) is 0 Å². The van der Waals surface area contributed by atoms with Crippen molar-refractivity contribution in [2.24, 2.45) is 0 Å². The third-order valence-corrected chi connectivity index (χ3v) is 4.29. The fourth-order valence-electron chi connectivity index (χ4n) is 2.69. The number of unbranched alkanes of at least 4 members (excludes halogenated alkanes) is 2. The van der Waals surface area contributed by atoms with E-state index in [1.54, 1.807) is 6.07 Å². The molecule has 2 aromatic rings. The van der Waals surface area contributed by atoms with Gasteiger partial charge >= 0.3 is 5.97 Å². The molecule has 1 aromatic carbocycles. The maximum absolute atomic E-state index is 11.8. The highest BCUT2D eigenvalue weighted by atomic mass is 35.5. The number of hydrogen-bond acceptors (Lipinski definition) is 3. The monoisotopic (exact) mass is 377 g/mol. The number of rotatable bonds is 11. The van der Waals surface area contributed by atoms with Crippen LogP contribution in [0.2, 0.25) is 5.02 Å². The van der Waals surface area contributed by atoms with Crippen LogP contribution in [0.4, 0.5) is 0 Å². The van der Waals surface area contributed by atoms with Gasteiger partial charge in [0.05, 0.1) is 0 Å². The predicted molar refractivity (Wildman–Crippen MR) is 101 cm³/mol. The van der Waals surface area contributed by atoms with Gasteiger partial charge in [-0.1, -0.05) is 30.2 Å². The Morgan fingerprint density at radius 3 is 2.62 bits per heavy atom. The van der Waals surface area contributed by atoms with Crippen LogP contribution in [0.25, 0.3) is 0 Å².